The quantitative estimate of drug-likeness (QED) is 0.814. The van der Waals surface area contributed by atoms with Crippen molar-refractivity contribution in [1.82, 2.24) is 15.2 Å². The summed E-state index contributed by atoms with van der Waals surface area (Å²) in [5.41, 5.74) is 3.52. The third-order valence-corrected chi connectivity index (χ3v) is 2.69. The van der Waals surface area contributed by atoms with Gasteiger partial charge in [-0.15, -0.1) is 21.5 Å². The van der Waals surface area contributed by atoms with Crippen molar-refractivity contribution in [3.05, 3.63) is 22.1 Å². The average Bonchev–Trinajstić information content (AvgIpc) is 2.74. The van der Waals surface area contributed by atoms with Crippen LogP contribution in [0.5, 0.6) is 0 Å². The Bertz CT molecular complexity index is 281. The van der Waals surface area contributed by atoms with Crippen LogP contribution in [0.3, 0.4) is 0 Å². The summed E-state index contributed by atoms with van der Waals surface area (Å²) < 4.78 is 0. The molecule has 0 unspecified atom stereocenters. The van der Waals surface area contributed by atoms with Crippen molar-refractivity contribution < 1.29 is 0 Å². The highest BCUT2D eigenvalue weighted by atomic mass is 32.1. The Morgan fingerprint density at radius 3 is 3.00 bits per heavy atom. The minimum atomic E-state index is 0.778. The van der Waals surface area contributed by atoms with Gasteiger partial charge >= 0.3 is 0 Å². The summed E-state index contributed by atoms with van der Waals surface area (Å²) in [5, 5.41) is 11.6. The molecule has 6 heteroatoms. The summed E-state index contributed by atoms with van der Waals surface area (Å²) >= 11 is 3.12. The van der Waals surface area contributed by atoms with Gasteiger partial charge in [-0.3, -0.25) is 4.98 Å². The average molecular weight is 198 g/mol. The first-order chi connectivity index (χ1) is 5.95. The molecule has 12 heavy (non-hydrogen) atoms. The summed E-state index contributed by atoms with van der Waals surface area (Å²) in [6.07, 6.45) is 1.85. The standard InChI is InChI=1S/C6H6N4S2/c1-5(11-3-7-1)2-8-6-10-9-4-12-6/h1,3-4H,2H2,(H,8,10). The third-order valence-electron chi connectivity index (χ3n) is 1.26. The molecule has 0 aromatic carbocycles. The molecule has 2 aromatic heterocycles. The van der Waals surface area contributed by atoms with Gasteiger partial charge in [0, 0.05) is 11.1 Å². The molecule has 0 aliphatic rings. The van der Waals surface area contributed by atoms with E-state index in [1.54, 1.807) is 16.8 Å². The first-order valence-corrected chi connectivity index (χ1v) is 5.08. The summed E-state index contributed by atoms with van der Waals surface area (Å²) in [4.78, 5) is 5.17. The Hall–Kier alpha value is -1.01. The fourth-order valence-electron chi connectivity index (χ4n) is 0.742. The van der Waals surface area contributed by atoms with E-state index in [1.165, 1.54) is 16.2 Å². The van der Waals surface area contributed by atoms with Crippen LogP contribution in [-0.2, 0) is 6.54 Å². The Morgan fingerprint density at radius 1 is 1.33 bits per heavy atom. The second-order valence-corrected chi connectivity index (χ2v) is 3.87. The van der Waals surface area contributed by atoms with Gasteiger partial charge < -0.3 is 5.32 Å². The monoisotopic (exact) mass is 198 g/mol. The fourth-order valence-corrected chi connectivity index (χ4v) is 1.72. The number of nitrogens with zero attached hydrogens (tertiary/aromatic N) is 3. The maximum atomic E-state index is 3.97. The van der Waals surface area contributed by atoms with Gasteiger partial charge in [0.15, 0.2) is 0 Å². The molecule has 0 radical (unpaired) electrons. The normalized spacial score (nSPS) is 10.0. The van der Waals surface area contributed by atoms with Crippen molar-refractivity contribution in [3.8, 4) is 0 Å². The number of hydrogen-bond donors (Lipinski definition) is 1. The van der Waals surface area contributed by atoms with Gasteiger partial charge in [-0.05, 0) is 0 Å². The van der Waals surface area contributed by atoms with Crippen LogP contribution in [0.4, 0.5) is 5.13 Å². The molecular formula is C6H6N4S2. The highest BCUT2D eigenvalue weighted by Gasteiger charge is 1.96. The van der Waals surface area contributed by atoms with Crippen molar-refractivity contribution in [3.63, 3.8) is 0 Å². The van der Waals surface area contributed by atoms with Gasteiger partial charge in [-0.1, -0.05) is 11.3 Å². The van der Waals surface area contributed by atoms with E-state index < -0.39 is 0 Å². The lowest BCUT2D eigenvalue weighted by molar-refractivity contribution is 1.06. The molecule has 0 amide bonds. The first-order valence-electron chi connectivity index (χ1n) is 3.32. The number of nitrogens with one attached hydrogen (secondary N) is 1. The molecule has 0 fully saturated rings. The van der Waals surface area contributed by atoms with E-state index in [9.17, 15) is 0 Å². The van der Waals surface area contributed by atoms with E-state index in [2.05, 4.69) is 20.5 Å². The van der Waals surface area contributed by atoms with Crippen LogP contribution < -0.4 is 5.32 Å². The molecular weight excluding hydrogens is 192 g/mol. The number of aromatic nitrogens is 3. The van der Waals surface area contributed by atoms with E-state index in [1.807, 2.05) is 11.7 Å². The molecule has 2 aromatic rings. The zero-order valence-corrected chi connectivity index (χ0v) is 7.73. The molecule has 0 atom stereocenters. The molecule has 0 aliphatic carbocycles. The molecule has 0 bridgehead atoms. The largest absolute Gasteiger partial charge is 0.355 e. The van der Waals surface area contributed by atoms with Crippen LogP contribution in [-0.4, -0.2) is 15.2 Å². The molecule has 0 saturated carbocycles. The van der Waals surface area contributed by atoms with Crippen molar-refractivity contribution in [2.75, 3.05) is 5.32 Å². The third kappa shape index (κ3) is 1.77. The second kappa shape index (κ2) is 3.59. The molecule has 0 spiro atoms. The Morgan fingerprint density at radius 2 is 2.33 bits per heavy atom. The summed E-state index contributed by atoms with van der Waals surface area (Å²) in [7, 11) is 0. The van der Waals surface area contributed by atoms with Gasteiger partial charge in [0.05, 0.1) is 12.1 Å². The Labute approximate surface area is 77.3 Å². The van der Waals surface area contributed by atoms with Crippen molar-refractivity contribution in [1.29, 1.82) is 0 Å². The molecule has 2 rings (SSSR count). The van der Waals surface area contributed by atoms with E-state index in [0.29, 0.717) is 0 Å². The lowest BCUT2D eigenvalue weighted by Crippen LogP contribution is -1.96. The van der Waals surface area contributed by atoms with Gasteiger partial charge in [0.25, 0.3) is 0 Å². The number of hydrogen-bond acceptors (Lipinski definition) is 6. The van der Waals surface area contributed by atoms with Crippen molar-refractivity contribution in [2.24, 2.45) is 0 Å². The van der Waals surface area contributed by atoms with Crippen LogP contribution >= 0.6 is 22.7 Å². The minimum absolute atomic E-state index is 0.778. The molecule has 0 saturated heterocycles. The van der Waals surface area contributed by atoms with Crippen LogP contribution in [0.25, 0.3) is 0 Å². The van der Waals surface area contributed by atoms with Crippen LogP contribution in [0.1, 0.15) is 4.88 Å². The first kappa shape index (κ1) is 7.63. The Kier molecular flexibility index (Phi) is 2.28. The maximum Gasteiger partial charge on any atom is 0.205 e. The summed E-state index contributed by atoms with van der Waals surface area (Å²) in [6, 6.07) is 0. The van der Waals surface area contributed by atoms with E-state index in [-0.39, 0.29) is 0 Å². The molecule has 1 N–H and O–H groups in total. The molecule has 2 heterocycles. The lowest BCUT2D eigenvalue weighted by atomic mass is 10.5. The highest BCUT2D eigenvalue weighted by molar-refractivity contribution is 7.13. The highest BCUT2D eigenvalue weighted by Crippen LogP contribution is 2.11. The Balaban J connectivity index is 1.91. The molecule has 62 valence electrons. The fraction of sp³-hybridized carbons (Fsp3) is 0.167. The van der Waals surface area contributed by atoms with Crippen LogP contribution in [0, 0.1) is 0 Å². The molecule has 4 nitrogen and oxygen atoms in total. The SMILES string of the molecule is c1ncc(CNc2nncs2)s1. The maximum absolute atomic E-state index is 3.97. The van der Waals surface area contributed by atoms with Crippen molar-refractivity contribution >= 4 is 27.8 Å². The predicted molar refractivity (Wildman–Crippen MR) is 49.3 cm³/mol. The van der Waals surface area contributed by atoms with Crippen LogP contribution in [0.15, 0.2) is 17.2 Å². The summed E-state index contributed by atoms with van der Waals surface area (Å²) in [5.74, 6) is 0. The summed E-state index contributed by atoms with van der Waals surface area (Å²) in [6.45, 7) is 0.778. The predicted octanol–water partition coefficient (Wildman–Crippen LogP) is 1.61. The topological polar surface area (TPSA) is 50.7 Å². The number of rotatable bonds is 3. The minimum Gasteiger partial charge on any atom is -0.355 e. The van der Waals surface area contributed by atoms with Gasteiger partial charge in [-0.2, -0.15) is 0 Å². The number of anilines is 1. The van der Waals surface area contributed by atoms with Gasteiger partial charge in [0.1, 0.15) is 5.51 Å². The van der Waals surface area contributed by atoms with Crippen LogP contribution in [0.2, 0.25) is 0 Å². The number of thiazole rings is 1. The lowest BCUT2D eigenvalue weighted by Gasteiger charge is -1.96. The van der Waals surface area contributed by atoms with E-state index >= 15 is 0 Å². The van der Waals surface area contributed by atoms with Gasteiger partial charge in [0.2, 0.25) is 5.13 Å². The van der Waals surface area contributed by atoms with E-state index in [0.717, 1.165) is 11.7 Å². The zero-order valence-electron chi connectivity index (χ0n) is 6.10. The second-order valence-electron chi connectivity index (χ2n) is 2.07. The zero-order chi connectivity index (χ0) is 8.23. The van der Waals surface area contributed by atoms with Gasteiger partial charge in [-0.25, -0.2) is 0 Å². The van der Waals surface area contributed by atoms with Crippen molar-refractivity contribution in [2.45, 2.75) is 6.54 Å². The van der Waals surface area contributed by atoms with E-state index in [4.69, 9.17) is 0 Å². The smallest absolute Gasteiger partial charge is 0.205 e. The molecule has 0 aliphatic heterocycles.